The number of aliphatic carboxylic acids is 1. The second-order valence-corrected chi connectivity index (χ2v) is 5.04. The van der Waals surface area contributed by atoms with Crippen molar-refractivity contribution in [2.24, 2.45) is 11.8 Å². The predicted molar refractivity (Wildman–Crippen MR) is 63.1 cm³/mol. The van der Waals surface area contributed by atoms with Crippen LogP contribution < -0.4 is 0 Å². The molecule has 0 amide bonds. The maximum atomic E-state index is 13.0. The van der Waals surface area contributed by atoms with Gasteiger partial charge in [-0.25, -0.2) is 8.78 Å². The molecule has 1 aliphatic rings. The van der Waals surface area contributed by atoms with Gasteiger partial charge in [0, 0.05) is 6.07 Å². The molecular formula is C14H16F2O2. The van der Waals surface area contributed by atoms with E-state index in [1.54, 1.807) is 0 Å². The van der Waals surface area contributed by atoms with Gasteiger partial charge in [0.2, 0.25) is 0 Å². The van der Waals surface area contributed by atoms with Crippen LogP contribution in [0.1, 0.15) is 31.2 Å². The van der Waals surface area contributed by atoms with E-state index in [-0.39, 0.29) is 5.92 Å². The zero-order valence-corrected chi connectivity index (χ0v) is 10.0. The lowest BCUT2D eigenvalue weighted by Crippen LogP contribution is -2.22. The van der Waals surface area contributed by atoms with Gasteiger partial charge in [0.15, 0.2) is 0 Å². The highest BCUT2D eigenvalue weighted by atomic mass is 19.1. The molecule has 98 valence electrons. The Labute approximate surface area is 105 Å². The number of benzene rings is 1. The molecule has 2 nitrogen and oxygen atoms in total. The van der Waals surface area contributed by atoms with Crippen molar-refractivity contribution in [1.82, 2.24) is 0 Å². The summed E-state index contributed by atoms with van der Waals surface area (Å²) in [6.45, 7) is 0. The maximum absolute atomic E-state index is 13.0. The van der Waals surface area contributed by atoms with Crippen molar-refractivity contribution in [3.05, 3.63) is 35.4 Å². The van der Waals surface area contributed by atoms with E-state index in [0.29, 0.717) is 30.7 Å². The van der Waals surface area contributed by atoms with Crippen LogP contribution in [0.5, 0.6) is 0 Å². The van der Waals surface area contributed by atoms with Crippen LogP contribution in [-0.2, 0) is 11.2 Å². The van der Waals surface area contributed by atoms with Gasteiger partial charge >= 0.3 is 5.97 Å². The Kier molecular flexibility index (Phi) is 3.94. The zero-order chi connectivity index (χ0) is 13.1. The van der Waals surface area contributed by atoms with Crippen LogP contribution in [0, 0.1) is 23.5 Å². The SMILES string of the molecule is O=C(O)C1CCC(Cc2cc(F)cc(F)c2)CC1. The van der Waals surface area contributed by atoms with Crippen molar-refractivity contribution in [2.45, 2.75) is 32.1 Å². The molecule has 0 atom stereocenters. The van der Waals surface area contributed by atoms with Crippen molar-refractivity contribution in [3.63, 3.8) is 0 Å². The first-order valence-electron chi connectivity index (χ1n) is 6.22. The fraction of sp³-hybridized carbons (Fsp3) is 0.500. The Hall–Kier alpha value is -1.45. The fourth-order valence-electron chi connectivity index (χ4n) is 2.68. The van der Waals surface area contributed by atoms with Gasteiger partial charge in [-0.1, -0.05) is 0 Å². The lowest BCUT2D eigenvalue weighted by Gasteiger charge is -2.26. The fourth-order valence-corrected chi connectivity index (χ4v) is 2.68. The second-order valence-electron chi connectivity index (χ2n) is 5.04. The minimum Gasteiger partial charge on any atom is -0.481 e. The number of carboxylic acids is 1. The van der Waals surface area contributed by atoms with Gasteiger partial charge in [-0.15, -0.1) is 0 Å². The van der Waals surface area contributed by atoms with E-state index in [4.69, 9.17) is 5.11 Å². The number of halogens is 2. The monoisotopic (exact) mass is 254 g/mol. The van der Waals surface area contributed by atoms with E-state index in [2.05, 4.69) is 0 Å². The number of hydrogen-bond donors (Lipinski definition) is 1. The third kappa shape index (κ3) is 3.28. The van der Waals surface area contributed by atoms with Crippen molar-refractivity contribution in [2.75, 3.05) is 0 Å². The summed E-state index contributed by atoms with van der Waals surface area (Å²) in [5, 5.41) is 8.89. The molecule has 0 aliphatic heterocycles. The van der Waals surface area contributed by atoms with Gasteiger partial charge in [0.05, 0.1) is 5.92 Å². The second kappa shape index (κ2) is 5.46. The molecule has 0 unspecified atom stereocenters. The summed E-state index contributed by atoms with van der Waals surface area (Å²) in [4.78, 5) is 10.8. The molecule has 0 bridgehead atoms. The molecule has 1 N–H and O–H groups in total. The highest BCUT2D eigenvalue weighted by Crippen LogP contribution is 2.31. The summed E-state index contributed by atoms with van der Waals surface area (Å²) in [5.74, 6) is -1.74. The van der Waals surface area contributed by atoms with Gasteiger partial charge in [-0.3, -0.25) is 4.79 Å². The summed E-state index contributed by atoms with van der Waals surface area (Å²) < 4.78 is 26.1. The Morgan fingerprint density at radius 1 is 1.11 bits per heavy atom. The minimum absolute atomic E-state index is 0.245. The van der Waals surface area contributed by atoms with Crippen molar-refractivity contribution >= 4 is 5.97 Å². The number of carbonyl (C=O) groups is 1. The van der Waals surface area contributed by atoms with Gasteiger partial charge < -0.3 is 5.11 Å². The molecule has 2 rings (SSSR count). The van der Waals surface area contributed by atoms with Crippen LogP contribution in [0.25, 0.3) is 0 Å². The molecule has 1 aromatic carbocycles. The molecule has 0 radical (unpaired) electrons. The summed E-state index contributed by atoms with van der Waals surface area (Å²) >= 11 is 0. The average Bonchev–Trinajstić information content (AvgIpc) is 2.28. The van der Waals surface area contributed by atoms with Crippen molar-refractivity contribution < 1.29 is 18.7 Å². The highest BCUT2D eigenvalue weighted by molar-refractivity contribution is 5.69. The number of carboxylic acid groups (broad SMARTS) is 1. The molecule has 1 aromatic rings. The van der Waals surface area contributed by atoms with Crippen LogP contribution in [0.15, 0.2) is 18.2 Å². The van der Waals surface area contributed by atoms with Crippen LogP contribution in [0.2, 0.25) is 0 Å². The predicted octanol–water partition coefficient (Wildman–Crippen LogP) is 3.40. The summed E-state index contributed by atoms with van der Waals surface area (Å²) in [5.41, 5.74) is 0.659. The third-order valence-corrected chi connectivity index (χ3v) is 3.64. The Balaban J connectivity index is 1.93. The van der Waals surface area contributed by atoms with Crippen molar-refractivity contribution in [3.8, 4) is 0 Å². The quantitative estimate of drug-likeness (QED) is 0.897. The third-order valence-electron chi connectivity index (χ3n) is 3.64. The van der Waals surface area contributed by atoms with Crippen LogP contribution in [0.4, 0.5) is 8.78 Å². The molecule has 1 saturated carbocycles. The molecule has 0 heterocycles. The summed E-state index contributed by atoms with van der Waals surface area (Å²) in [6.07, 6.45) is 3.58. The summed E-state index contributed by atoms with van der Waals surface area (Å²) in [7, 11) is 0. The van der Waals surface area contributed by atoms with E-state index in [9.17, 15) is 13.6 Å². The van der Waals surface area contributed by atoms with E-state index in [1.165, 1.54) is 12.1 Å². The van der Waals surface area contributed by atoms with Gasteiger partial charge in [-0.2, -0.15) is 0 Å². The van der Waals surface area contributed by atoms with Crippen LogP contribution >= 0.6 is 0 Å². The molecule has 0 aromatic heterocycles. The summed E-state index contributed by atoms with van der Waals surface area (Å²) in [6, 6.07) is 3.57. The molecule has 1 aliphatic carbocycles. The average molecular weight is 254 g/mol. The highest BCUT2D eigenvalue weighted by Gasteiger charge is 2.25. The molecule has 1 fully saturated rings. The first-order chi connectivity index (χ1) is 8.54. The number of hydrogen-bond acceptors (Lipinski definition) is 1. The van der Waals surface area contributed by atoms with E-state index < -0.39 is 17.6 Å². The molecule has 0 saturated heterocycles. The first-order valence-corrected chi connectivity index (χ1v) is 6.22. The van der Waals surface area contributed by atoms with Crippen LogP contribution in [-0.4, -0.2) is 11.1 Å². The minimum atomic E-state index is -0.731. The Morgan fingerprint density at radius 2 is 1.67 bits per heavy atom. The van der Waals surface area contributed by atoms with Gasteiger partial charge in [-0.05, 0) is 55.7 Å². The molecule has 18 heavy (non-hydrogen) atoms. The largest absolute Gasteiger partial charge is 0.481 e. The Morgan fingerprint density at radius 3 is 2.17 bits per heavy atom. The standard InChI is InChI=1S/C14H16F2O2/c15-12-6-10(7-13(16)8-12)5-9-1-3-11(4-2-9)14(17)18/h6-9,11H,1-5H2,(H,17,18). The van der Waals surface area contributed by atoms with Crippen molar-refractivity contribution in [1.29, 1.82) is 0 Å². The van der Waals surface area contributed by atoms with Gasteiger partial charge in [0.25, 0.3) is 0 Å². The van der Waals surface area contributed by atoms with E-state index in [1.807, 2.05) is 0 Å². The lowest BCUT2D eigenvalue weighted by molar-refractivity contribution is -0.143. The molecule has 4 heteroatoms. The molecular weight excluding hydrogens is 238 g/mol. The zero-order valence-electron chi connectivity index (χ0n) is 10.0. The smallest absolute Gasteiger partial charge is 0.306 e. The Bertz CT molecular complexity index is 417. The van der Waals surface area contributed by atoms with Gasteiger partial charge in [0.1, 0.15) is 11.6 Å². The van der Waals surface area contributed by atoms with Crippen LogP contribution in [0.3, 0.4) is 0 Å². The maximum Gasteiger partial charge on any atom is 0.306 e. The lowest BCUT2D eigenvalue weighted by atomic mass is 9.79. The topological polar surface area (TPSA) is 37.3 Å². The molecule has 0 spiro atoms. The first kappa shape index (κ1) is 13.0. The number of rotatable bonds is 3. The normalized spacial score (nSPS) is 23.9. The van der Waals surface area contributed by atoms with E-state index in [0.717, 1.165) is 18.9 Å². The van der Waals surface area contributed by atoms with E-state index >= 15 is 0 Å².